The molecule has 3 saturated carbocycles. The number of allylic oxidation sites excluding steroid dienone is 4. The van der Waals surface area contributed by atoms with E-state index in [0.29, 0.717) is 24.3 Å². The van der Waals surface area contributed by atoms with Gasteiger partial charge in [-0.05, 0) is 49.7 Å². The fourth-order valence-electron chi connectivity index (χ4n) is 7.84. The predicted octanol–water partition coefficient (Wildman–Crippen LogP) is 1.70. The van der Waals surface area contributed by atoms with Crippen LogP contribution in [-0.4, -0.2) is 63.5 Å². The second-order valence-electron chi connectivity index (χ2n) is 12.1. The van der Waals surface area contributed by atoms with Crippen LogP contribution in [0.3, 0.4) is 0 Å². The Balaban J connectivity index is 1.20. The van der Waals surface area contributed by atoms with Crippen LogP contribution in [-0.2, 0) is 43.1 Å². The fourth-order valence-corrected chi connectivity index (χ4v) is 7.84. The minimum absolute atomic E-state index is 0.000538. The molecular formula is C29H33NO10. The lowest BCUT2D eigenvalue weighted by Crippen LogP contribution is -2.60. The highest BCUT2D eigenvalue weighted by atomic mass is 16.7. The van der Waals surface area contributed by atoms with Gasteiger partial charge in [-0.15, -0.1) is 5.06 Å². The maximum absolute atomic E-state index is 13.7. The largest absolute Gasteiger partial charge is 0.458 e. The molecule has 4 aliphatic carbocycles. The average molecular weight is 556 g/mol. The van der Waals surface area contributed by atoms with Crippen LogP contribution in [0.1, 0.15) is 71.6 Å². The Morgan fingerprint density at radius 1 is 1.00 bits per heavy atom. The van der Waals surface area contributed by atoms with E-state index in [4.69, 9.17) is 9.57 Å². The van der Waals surface area contributed by atoms with Gasteiger partial charge in [-0.25, -0.2) is 4.79 Å². The van der Waals surface area contributed by atoms with Gasteiger partial charge in [0.2, 0.25) is 5.78 Å². The molecule has 6 atom stereocenters. The van der Waals surface area contributed by atoms with E-state index in [1.165, 1.54) is 6.08 Å². The lowest BCUT2D eigenvalue weighted by atomic mass is 9.46. The summed E-state index contributed by atoms with van der Waals surface area (Å²) in [7, 11) is 0. The SMILES string of the molecule is CC12C=CC(=O)C=C1CCC1C2C(=O)CC2(C)C1CCC2(O)C(=O)COC(=O)CCC(=O)ON1C(=O)CCC1=O. The number of ether oxygens (including phenoxy) is 1. The number of carbonyl (C=O) groups excluding carboxylic acids is 7. The minimum Gasteiger partial charge on any atom is -0.458 e. The number of Topliss-reactive ketones (excluding diaryl/α,β-unsaturated/α-hetero) is 2. The number of hydrogen-bond donors (Lipinski definition) is 1. The number of aliphatic hydroxyl groups is 1. The van der Waals surface area contributed by atoms with Crippen LogP contribution >= 0.6 is 0 Å². The van der Waals surface area contributed by atoms with Gasteiger partial charge in [0.1, 0.15) is 11.4 Å². The van der Waals surface area contributed by atoms with Gasteiger partial charge < -0.3 is 14.7 Å². The topological polar surface area (TPSA) is 161 Å². The number of fused-ring (bicyclic) bond motifs is 5. The van der Waals surface area contributed by atoms with E-state index in [1.54, 1.807) is 13.0 Å². The molecule has 11 heteroatoms. The molecule has 1 saturated heterocycles. The highest BCUT2D eigenvalue weighted by Crippen LogP contribution is 2.66. The summed E-state index contributed by atoms with van der Waals surface area (Å²) in [6.45, 7) is 3.04. The Bertz CT molecular complexity index is 1270. The van der Waals surface area contributed by atoms with E-state index < -0.39 is 65.4 Å². The van der Waals surface area contributed by atoms with Gasteiger partial charge in [-0.2, -0.15) is 0 Å². The third-order valence-electron chi connectivity index (χ3n) is 9.97. The van der Waals surface area contributed by atoms with Crippen LogP contribution in [0.4, 0.5) is 0 Å². The van der Waals surface area contributed by atoms with Gasteiger partial charge >= 0.3 is 11.9 Å². The number of amides is 2. The van der Waals surface area contributed by atoms with Gasteiger partial charge in [0, 0.05) is 36.0 Å². The molecule has 1 aliphatic heterocycles. The first-order valence-corrected chi connectivity index (χ1v) is 13.7. The quantitative estimate of drug-likeness (QED) is 0.362. The maximum atomic E-state index is 13.7. The Labute approximate surface area is 230 Å². The van der Waals surface area contributed by atoms with Crippen LogP contribution < -0.4 is 0 Å². The van der Waals surface area contributed by atoms with E-state index in [0.717, 1.165) is 5.57 Å². The highest BCUT2D eigenvalue weighted by molar-refractivity contribution is 6.02. The molecule has 5 rings (SSSR count). The fraction of sp³-hybridized carbons (Fsp3) is 0.621. The molecule has 214 valence electrons. The zero-order valence-electron chi connectivity index (χ0n) is 22.6. The van der Waals surface area contributed by atoms with Crippen molar-refractivity contribution in [1.82, 2.24) is 5.06 Å². The summed E-state index contributed by atoms with van der Waals surface area (Å²) in [5.74, 6) is -4.45. The van der Waals surface area contributed by atoms with Crippen LogP contribution in [0, 0.1) is 28.6 Å². The summed E-state index contributed by atoms with van der Waals surface area (Å²) in [5, 5.41) is 12.1. The van der Waals surface area contributed by atoms with Crippen molar-refractivity contribution >= 4 is 41.1 Å². The van der Waals surface area contributed by atoms with Crippen molar-refractivity contribution < 1.29 is 48.2 Å². The van der Waals surface area contributed by atoms with Gasteiger partial charge in [0.25, 0.3) is 11.8 Å². The molecule has 0 aromatic heterocycles. The van der Waals surface area contributed by atoms with Crippen LogP contribution in [0.15, 0.2) is 23.8 Å². The van der Waals surface area contributed by atoms with Crippen molar-refractivity contribution in [2.75, 3.05) is 6.61 Å². The number of esters is 1. The van der Waals surface area contributed by atoms with Crippen LogP contribution in [0.5, 0.6) is 0 Å². The second-order valence-corrected chi connectivity index (χ2v) is 12.1. The molecule has 0 bridgehead atoms. The third-order valence-corrected chi connectivity index (χ3v) is 9.97. The number of hydrogen-bond acceptors (Lipinski definition) is 10. The van der Waals surface area contributed by atoms with Crippen LogP contribution in [0.2, 0.25) is 0 Å². The van der Waals surface area contributed by atoms with E-state index >= 15 is 0 Å². The van der Waals surface area contributed by atoms with Crippen molar-refractivity contribution in [3.8, 4) is 0 Å². The third kappa shape index (κ3) is 4.34. The number of ketones is 3. The molecular weight excluding hydrogens is 522 g/mol. The van der Waals surface area contributed by atoms with E-state index in [2.05, 4.69) is 0 Å². The first-order valence-electron chi connectivity index (χ1n) is 13.7. The van der Waals surface area contributed by atoms with Gasteiger partial charge in [0.05, 0.1) is 12.8 Å². The van der Waals surface area contributed by atoms with E-state index in [1.807, 2.05) is 13.0 Å². The average Bonchev–Trinajstić information content (AvgIpc) is 3.36. The highest BCUT2D eigenvalue weighted by Gasteiger charge is 2.68. The number of hydroxylamine groups is 2. The molecule has 0 radical (unpaired) electrons. The normalized spacial score (nSPS) is 36.5. The summed E-state index contributed by atoms with van der Waals surface area (Å²) in [6, 6.07) is 0. The summed E-state index contributed by atoms with van der Waals surface area (Å²) < 4.78 is 5.06. The summed E-state index contributed by atoms with van der Waals surface area (Å²) >= 11 is 0. The van der Waals surface area contributed by atoms with Gasteiger partial charge in [-0.3, -0.25) is 28.8 Å². The smallest absolute Gasteiger partial charge is 0.333 e. The number of imide groups is 1. The molecule has 1 heterocycles. The van der Waals surface area contributed by atoms with E-state index in [9.17, 15) is 38.7 Å². The number of nitrogens with zero attached hydrogens (tertiary/aromatic N) is 1. The standard InChI is InChI=1S/C29H33NO10/c1-27-11-9-17(31)13-16(27)3-4-18-19-10-12-29(38,28(19,2)14-20(32)26(18)27)21(33)15-39-24(36)7-8-25(37)40-30-22(34)5-6-23(30)35/h9,11,13,18-19,26,38H,3-8,10,12,14-15H2,1-2H3. The Kier molecular flexibility index (Phi) is 6.92. The molecule has 40 heavy (non-hydrogen) atoms. The van der Waals surface area contributed by atoms with Crippen molar-refractivity contribution in [3.63, 3.8) is 0 Å². The molecule has 1 N–H and O–H groups in total. The maximum Gasteiger partial charge on any atom is 0.333 e. The van der Waals surface area contributed by atoms with Crippen molar-refractivity contribution in [2.45, 2.75) is 77.2 Å². The molecule has 11 nitrogen and oxygen atoms in total. The van der Waals surface area contributed by atoms with Crippen molar-refractivity contribution in [3.05, 3.63) is 23.8 Å². The first kappa shape index (κ1) is 28.1. The van der Waals surface area contributed by atoms with Crippen LogP contribution in [0.25, 0.3) is 0 Å². The zero-order valence-corrected chi connectivity index (χ0v) is 22.6. The Hall–Kier alpha value is -3.47. The van der Waals surface area contributed by atoms with Crippen molar-refractivity contribution in [1.29, 1.82) is 0 Å². The second kappa shape index (κ2) is 9.87. The first-order chi connectivity index (χ1) is 18.8. The molecule has 5 aliphatic rings. The Morgan fingerprint density at radius 2 is 1.68 bits per heavy atom. The van der Waals surface area contributed by atoms with Gasteiger partial charge in [0.15, 0.2) is 12.4 Å². The molecule has 6 unspecified atom stereocenters. The molecule has 0 spiro atoms. The minimum atomic E-state index is -1.86. The predicted molar refractivity (Wildman–Crippen MR) is 134 cm³/mol. The van der Waals surface area contributed by atoms with Gasteiger partial charge in [-0.1, -0.05) is 25.5 Å². The summed E-state index contributed by atoms with van der Waals surface area (Å²) in [5.41, 5.74) is -2.49. The zero-order chi connectivity index (χ0) is 29.0. The lowest BCUT2D eigenvalue weighted by Gasteiger charge is -2.56. The molecule has 0 aromatic rings. The number of carbonyl (C=O) groups is 7. The van der Waals surface area contributed by atoms with E-state index in [-0.39, 0.29) is 55.0 Å². The molecule has 4 fully saturated rings. The molecule has 0 aromatic carbocycles. The van der Waals surface area contributed by atoms with Crippen molar-refractivity contribution in [2.24, 2.45) is 28.6 Å². The number of rotatable bonds is 7. The Morgan fingerprint density at radius 3 is 2.38 bits per heavy atom. The lowest BCUT2D eigenvalue weighted by molar-refractivity contribution is -0.197. The molecule has 2 amide bonds. The summed E-state index contributed by atoms with van der Waals surface area (Å²) in [6.07, 6.45) is 5.98. The summed E-state index contributed by atoms with van der Waals surface area (Å²) in [4.78, 5) is 90.9. The monoisotopic (exact) mass is 555 g/mol.